The van der Waals surface area contributed by atoms with Crippen LogP contribution in [-0.4, -0.2) is 219 Å². The molecule has 3 amide bonds. The lowest BCUT2D eigenvalue weighted by Crippen LogP contribution is -2.36. The van der Waals surface area contributed by atoms with Gasteiger partial charge in [0, 0.05) is 56.0 Å². The van der Waals surface area contributed by atoms with Crippen LogP contribution >= 0.6 is 11.8 Å². The first-order valence-corrected chi connectivity index (χ1v) is 26.1. The minimum atomic E-state index is -0.464. The van der Waals surface area contributed by atoms with Gasteiger partial charge in [-0.15, -0.1) is 5.10 Å². The van der Waals surface area contributed by atoms with E-state index >= 15 is 0 Å². The largest absolute Gasteiger partial charge is 0.460 e. The number of nitrogens with one attached hydrogen (secondary N) is 3. The molecule has 22 nitrogen and oxygen atoms in total. The topological polar surface area (TPSA) is 246 Å². The standard InChI is InChI=1S/C47H84N6O16S/c1-47(2,3)69-44(56)9-6-15-58-19-23-62-27-31-66-33-29-64-25-21-60-17-13-48-43(55)12-16-59-20-24-63-28-32-67-35-36-68-34-30-65-26-22-61-18-14-53-37-39(51-52-53)10-11-40(54)7-4-5-8-42-45-41(38-70-42)49-46(57)50-45/h37,41-42,45H,4-36,38H2,1-3H3,(H,48,55)(H2,49,50,57)/t41-,42+,45-/m1/s1. The van der Waals surface area contributed by atoms with E-state index in [1.807, 2.05) is 38.7 Å². The second-order valence-corrected chi connectivity index (χ2v) is 18.7. The summed E-state index contributed by atoms with van der Waals surface area (Å²) in [6.07, 6.45) is 7.56. The summed E-state index contributed by atoms with van der Waals surface area (Å²) in [6.45, 7) is 16.2. The summed E-state index contributed by atoms with van der Waals surface area (Å²) >= 11 is 1.91. The summed E-state index contributed by atoms with van der Waals surface area (Å²) in [7, 11) is 0. The van der Waals surface area contributed by atoms with Crippen LogP contribution in [0, 0.1) is 0 Å². The summed E-state index contributed by atoms with van der Waals surface area (Å²) in [5.74, 6) is 0.877. The van der Waals surface area contributed by atoms with Crippen molar-refractivity contribution in [2.45, 2.75) is 108 Å². The average Bonchev–Trinajstić information content (AvgIpc) is 4.05. The number of ether oxygens (including phenoxy) is 12. The number of urea groups is 1. The van der Waals surface area contributed by atoms with Gasteiger partial charge in [-0.25, -0.2) is 9.48 Å². The zero-order valence-corrected chi connectivity index (χ0v) is 42.9. The van der Waals surface area contributed by atoms with Crippen molar-refractivity contribution in [2.24, 2.45) is 0 Å². The normalized spacial score (nSPS) is 16.6. The van der Waals surface area contributed by atoms with Crippen molar-refractivity contribution in [3.63, 3.8) is 0 Å². The van der Waals surface area contributed by atoms with Gasteiger partial charge in [0.1, 0.15) is 11.4 Å². The minimum Gasteiger partial charge on any atom is -0.460 e. The van der Waals surface area contributed by atoms with E-state index in [1.54, 1.807) is 4.68 Å². The molecule has 0 aliphatic carbocycles. The number of aromatic nitrogens is 3. The number of hydrogen-bond acceptors (Lipinski definition) is 19. The fraction of sp³-hybridized carbons (Fsp3) is 0.872. The van der Waals surface area contributed by atoms with E-state index < -0.39 is 5.60 Å². The molecule has 3 heterocycles. The highest BCUT2D eigenvalue weighted by atomic mass is 32.2. The Balaban J connectivity index is 0.926. The van der Waals surface area contributed by atoms with Crippen molar-refractivity contribution in [1.29, 1.82) is 0 Å². The first kappa shape index (κ1) is 61.2. The van der Waals surface area contributed by atoms with Crippen molar-refractivity contribution in [3.8, 4) is 0 Å². The molecule has 2 saturated heterocycles. The number of carbonyl (C=O) groups is 4. The molecule has 3 atom stereocenters. The maximum atomic E-state index is 12.4. The molecule has 0 spiro atoms. The number of carbonyl (C=O) groups excluding carboxylic acids is 4. The van der Waals surface area contributed by atoms with Gasteiger partial charge >= 0.3 is 12.0 Å². The molecule has 0 unspecified atom stereocenters. The highest BCUT2D eigenvalue weighted by molar-refractivity contribution is 8.00. The monoisotopic (exact) mass is 1020 g/mol. The molecule has 70 heavy (non-hydrogen) atoms. The molecule has 23 heteroatoms. The number of ketones is 1. The van der Waals surface area contributed by atoms with Gasteiger partial charge in [0.25, 0.3) is 0 Å². The van der Waals surface area contributed by atoms with E-state index in [9.17, 15) is 19.2 Å². The number of fused-ring (bicyclic) bond motifs is 1. The number of rotatable bonds is 48. The minimum absolute atomic E-state index is 0.0631. The van der Waals surface area contributed by atoms with Gasteiger partial charge in [-0.1, -0.05) is 11.6 Å². The molecule has 3 rings (SSSR count). The van der Waals surface area contributed by atoms with Crippen molar-refractivity contribution < 1.29 is 76.0 Å². The number of hydrogen-bond donors (Lipinski definition) is 3. The molecule has 0 bridgehead atoms. The number of nitrogens with zero attached hydrogens (tertiary/aromatic N) is 3. The van der Waals surface area contributed by atoms with Gasteiger partial charge < -0.3 is 72.8 Å². The van der Waals surface area contributed by atoms with Gasteiger partial charge in [-0.3, -0.25) is 14.4 Å². The van der Waals surface area contributed by atoms with Gasteiger partial charge in [0.05, 0.1) is 163 Å². The Morgan fingerprint density at radius 3 is 1.70 bits per heavy atom. The molecular formula is C47H84N6O16S. The zero-order chi connectivity index (χ0) is 50.2. The molecule has 0 saturated carbocycles. The predicted octanol–water partition coefficient (Wildman–Crippen LogP) is 2.32. The van der Waals surface area contributed by atoms with E-state index in [1.165, 1.54) is 0 Å². The first-order chi connectivity index (χ1) is 34.1. The number of thioether (sulfide) groups is 1. The van der Waals surface area contributed by atoms with Crippen molar-refractivity contribution >= 4 is 35.5 Å². The Morgan fingerprint density at radius 2 is 1.14 bits per heavy atom. The van der Waals surface area contributed by atoms with Crippen molar-refractivity contribution in [3.05, 3.63) is 11.9 Å². The number of aryl methyl sites for hydroxylation is 1. The molecule has 1 aromatic rings. The van der Waals surface area contributed by atoms with Crippen LogP contribution in [0.25, 0.3) is 0 Å². The third-order valence-electron chi connectivity index (χ3n) is 10.3. The highest BCUT2D eigenvalue weighted by Gasteiger charge is 2.42. The lowest BCUT2D eigenvalue weighted by Gasteiger charge is -2.19. The highest BCUT2D eigenvalue weighted by Crippen LogP contribution is 2.33. The Hall–Kier alpha value is -3.07. The SMILES string of the molecule is CC(C)(C)OC(=O)CCCOCCOCCOCCOCCOCCNC(=O)CCOCCOCCOCCOCCOCCOCCn1cc(CCC(=O)CCCC[C@@H]2SC[C@H]3NC(=O)N[C@@H]23)nn1. The lowest BCUT2D eigenvalue weighted by molar-refractivity contribution is -0.155. The van der Waals surface area contributed by atoms with E-state index in [0.29, 0.717) is 196 Å². The molecular weight excluding hydrogens is 937 g/mol. The van der Waals surface area contributed by atoms with Gasteiger partial charge in [-0.2, -0.15) is 11.8 Å². The Labute approximate surface area is 418 Å². The van der Waals surface area contributed by atoms with E-state index in [-0.39, 0.29) is 42.2 Å². The molecule has 2 aliphatic rings. The molecule has 2 fully saturated rings. The number of amides is 3. The van der Waals surface area contributed by atoms with Crippen molar-refractivity contribution in [2.75, 3.05) is 158 Å². The summed E-state index contributed by atoms with van der Waals surface area (Å²) in [5.41, 5.74) is 0.337. The molecule has 2 aliphatic heterocycles. The Bertz CT molecular complexity index is 1510. The molecule has 0 radical (unpaired) electrons. The number of esters is 1. The molecule has 0 aromatic carbocycles. The van der Waals surface area contributed by atoms with Crippen LogP contribution in [0.15, 0.2) is 6.20 Å². The maximum Gasteiger partial charge on any atom is 0.315 e. The van der Waals surface area contributed by atoms with E-state index in [4.69, 9.17) is 56.8 Å². The summed E-state index contributed by atoms with van der Waals surface area (Å²) < 4.78 is 67.5. The third kappa shape index (κ3) is 33.6. The second-order valence-electron chi connectivity index (χ2n) is 17.4. The first-order valence-electron chi connectivity index (χ1n) is 25.0. The van der Waals surface area contributed by atoms with Crippen LogP contribution < -0.4 is 16.0 Å². The lowest BCUT2D eigenvalue weighted by atomic mass is 10.0. The average molecular weight is 1020 g/mol. The summed E-state index contributed by atoms with van der Waals surface area (Å²) in [4.78, 5) is 47.6. The van der Waals surface area contributed by atoms with Gasteiger partial charge in [0.2, 0.25) is 5.91 Å². The smallest absolute Gasteiger partial charge is 0.315 e. The van der Waals surface area contributed by atoms with Gasteiger partial charge in [0.15, 0.2) is 0 Å². The molecule has 1 aromatic heterocycles. The second kappa shape index (κ2) is 40.4. The van der Waals surface area contributed by atoms with E-state index in [0.717, 1.165) is 30.7 Å². The molecule has 3 N–H and O–H groups in total. The van der Waals surface area contributed by atoms with Crippen LogP contribution in [0.3, 0.4) is 0 Å². The Kier molecular flexibility index (Phi) is 35.4. The quantitative estimate of drug-likeness (QED) is 0.0482. The predicted molar refractivity (Wildman–Crippen MR) is 259 cm³/mol. The third-order valence-corrected chi connectivity index (χ3v) is 11.8. The summed E-state index contributed by atoms with van der Waals surface area (Å²) in [6, 6.07) is 0.390. The van der Waals surface area contributed by atoms with Crippen LogP contribution in [-0.2, 0) is 84.2 Å². The molecule has 404 valence electrons. The Morgan fingerprint density at radius 1 is 0.629 bits per heavy atom. The van der Waals surface area contributed by atoms with Crippen LogP contribution in [0.1, 0.15) is 77.8 Å². The van der Waals surface area contributed by atoms with Gasteiger partial charge in [-0.05, 0) is 46.5 Å². The zero-order valence-electron chi connectivity index (χ0n) is 42.1. The van der Waals surface area contributed by atoms with Crippen molar-refractivity contribution in [1.82, 2.24) is 30.9 Å². The fourth-order valence-electron chi connectivity index (χ4n) is 6.83. The maximum absolute atomic E-state index is 12.4. The van der Waals surface area contributed by atoms with Crippen LogP contribution in [0.2, 0.25) is 0 Å². The van der Waals surface area contributed by atoms with Crippen LogP contribution in [0.4, 0.5) is 4.79 Å². The number of unbranched alkanes of at least 4 members (excludes halogenated alkanes) is 1. The summed E-state index contributed by atoms with van der Waals surface area (Å²) in [5, 5.41) is 17.5. The van der Waals surface area contributed by atoms with E-state index in [2.05, 4.69) is 26.3 Å². The fourth-order valence-corrected chi connectivity index (χ4v) is 8.38. The van der Waals surface area contributed by atoms with Crippen LogP contribution in [0.5, 0.6) is 0 Å². The number of Topliss-reactive ketones (excluding diaryl/α,β-unsaturated/α-hetero) is 1.